The molecule has 1 saturated heterocycles. The second-order valence-corrected chi connectivity index (χ2v) is 6.61. The standard InChI is InChI=1S/C19H26N4O2/c1-2-11-22-13-10-20-18(22)14-23-12-4-7-17(23)16-6-3-5-15(21-16)8-9-19(24)25/h3,5-6,10,13,17H,2,4,7-9,11-12,14H2,1H3,(H,24,25)/t17-/m1/s1. The number of imidazole rings is 1. The number of nitrogens with zero attached hydrogens (tertiary/aromatic N) is 4. The fourth-order valence-corrected chi connectivity index (χ4v) is 3.53. The number of carboxylic acid groups (broad SMARTS) is 1. The first-order valence-electron chi connectivity index (χ1n) is 9.09. The molecule has 3 rings (SSSR count). The third-order valence-electron chi connectivity index (χ3n) is 4.74. The number of carboxylic acids is 1. The van der Waals surface area contributed by atoms with Gasteiger partial charge in [-0.3, -0.25) is 14.7 Å². The molecule has 2 aromatic heterocycles. The predicted molar refractivity (Wildman–Crippen MR) is 95.1 cm³/mol. The molecule has 1 atom stereocenters. The molecular weight excluding hydrogens is 316 g/mol. The number of aromatic nitrogens is 3. The van der Waals surface area contributed by atoms with Gasteiger partial charge in [-0.1, -0.05) is 13.0 Å². The molecule has 6 heteroatoms. The SMILES string of the molecule is CCCn1ccnc1CN1CCC[C@@H]1c1cccc(CCC(=O)O)n1. The van der Waals surface area contributed by atoms with E-state index in [0.717, 1.165) is 56.1 Å². The Bertz CT molecular complexity index is 713. The molecule has 0 saturated carbocycles. The highest BCUT2D eigenvalue weighted by atomic mass is 16.4. The summed E-state index contributed by atoms with van der Waals surface area (Å²) < 4.78 is 2.23. The Morgan fingerprint density at radius 3 is 3.08 bits per heavy atom. The zero-order valence-corrected chi connectivity index (χ0v) is 14.8. The van der Waals surface area contributed by atoms with E-state index in [9.17, 15) is 4.79 Å². The zero-order chi connectivity index (χ0) is 17.6. The van der Waals surface area contributed by atoms with Gasteiger partial charge in [-0.05, 0) is 37.9 Å². The first kappa shape index (κ1) is 17.6. The van der Waals surface area contributed by atoms with Crippen molar-refractivity contribution in [2.75, 3.05) is 6.54 Å². The fourth-order valence-electron chi connectivity index (χ4n) is 3.53. The van der Waals surface area contributed by atoms with Crippen molar-refractivity contribution in [3.63, 3.8) is 0 Å². The Morgan fingerprint density at radius 1 is 1.40 bits per heavy atom. The van der Waals surface area contributed by atoms with Gasteiger partial charge in [0, 0.05) is 31.1 Å². The van der Waals surface area contributed by atoms with Gasteiger partial charge in [0.1, 0.15) is 5.82 Å². The molecule has 0 unspecified atom stereocenters. The van der Waals surface area contributed by atoms with Crippen molar-refractivity contribution >= 4 is 5.97 Å². The molecule has 0 aromatic carbocycles. The van der Waals surface area contributed by atoms with Crippen LogP contribution in [-0.2, 0) is 24.3 Å². The van der Waals surface area contributed by atoms with Crippen LogP contribution in [0.5, 0.6) is 0 Å². The molecule has 0 spiro atoms. The van der Waals surface area contributed by atoms with Crippen LogP contribution in [0.15, 0.2) is 30.6 Å². The summed E-state index contributed by atoms with van der Waals surface area (Å²) in [5.74, 6) is 0.327. The van der Waals surface area contributed by atoms with Crippen molar-refractivity contribution < 1.29 is 9.90 Å². The number of aryl methyl sites for hydroxylation is 2. The maximum Gasteiger partial charge on any atom is 0.303 e. The molecule has 1 N–H and O–H groups in total. The number of hydrogen-bond acceptors (Lipinski definition) is 4. The van der Waals surface area contributed by atoms with Crippen molar-refractivity contribution in [2.24, 2.45) is 0 Å². The molecule has 1 aliphatic heterocycles. The average Bonchev–Trinajstić information content (AvgIpc) is 3.24. The van der Waals surface area contributed by atoms with Crippen LogP contribution in [0.4, 0.5) is 0 Å². The van der Waals surface area contributed by atoms with Crippen molar-refractivity contribution in [1.82, 2.24) is 19.4 Å². The summed E-state index contributed by atoms with van der Waals surface area (Å²) in [5, 5.41) is 8.87. The van der Waals surface area contributed by atoms with Gasteiger partial charge in [0.05, 0.1) is 24.7 Å². The zero-order valence-electron chi connectivity index (χ0n) is 14.8. The number of carbonyl (C=O) groups is 1. The third kappa shape index (κ3) is 4.45. The molecule has 1 aliphatic rings. The topological polar surface area (TPSA) is 71.2 Å². The van der Waals surface area contributed by atoms with Crippen molar-refractivity contribution in [2.45, 2.75) is 58.2 Å². The van der Waals surface area contributed by atoms with E-state index in [1.54, 1.807) is 0 Å². The number of pyridine rings is 1. The molecule has 3 heterocycles. The quantitative estimate of drug-likeness (QED) is 0.798. The van der Waals surface area contributed by atoms with Gasteiger partial charge in [0.25, 0.3) is 0 Å². The van der Waals surface area contributed by atoms with E-state index >= 15 is 0 Å². The lowest BCUT2D eigenvalue weighted by Crippen LogP contribution is -2.25. The summed E-state index contributed by atoms with van der Waals surface area (Å²) >= 11 is 0. The number of hydrogen-bond donors (Lipinski definition) is 1. The minimum atomic E-state index is -0.780. The van der Waals surface area contributed by atoms with E-state index in [1.807, 2.05) is 18.3 Å². The predicted octanol–water partition coefficient (Wildman–Crippen LogP) is 3.04. The van der Waals surface area contributed by atoms with E-state index < -0.39 is 5.97 Å². The number of rotatable bonds is 8. The second-order valence-electron chi connectivity index (χ2n) is 6.61. The van der Waals surface area contributed by atoms with E-state index in [-0.39, 0.29) is 12.5 Å². The molecule has 134 valence electrons. The lowest BCUT2D eigenvalue weighted by Gasteiger charge is -2.24. The van der Waals surface area contributed by atoms with Crippen molar-refractivity contribution in [1.29, 1.82) is 0 Å². The summed E-state index contributed by atoms with van der Waals surface area (Å²) in [4.78, 5) is 22.5. The minimum Gasteiger partial charge on any atom is -0.481 e. The molecule has 0 aliphatic carbocycles. The van der Waals surface area contributed by atoms with E-state index in [1.165, 1.54) is 0 Å². The van der Waals surface area contributed by atoms with Gasteiger partial charge in [-0.2, -0.15) is 0 Å². The van der Waals surface area contributed by atoms with Crippen LogP contribution in [0.3, 0.4) is 0 Å². The fraction of sp³-hybridized carbons (Fsp3) is 0.526. The Morgan fingerprint density at radius 2 is 2.28 bits per heavy atom. The maximum absolute atomic E-state index is 10.8. The normalized spacial score (nSPS) is 17.9. The lowest BCUT2D eigenvalue weighted by atomic mass is 10.1. The van der Waals surface area contributed by atoms with Gasteiger partial charge < -0.3 is 9.67 Å². The van der Waals surface area contributed by atoms with Crippen LogP contribution in [0.25, 0.3) is 0 Å². The molecule has 1 fully saturated rings. The highest BCUT2D eigenvalue weighted by molar-refractivity contribution is 5.66. The number of aliphatic carboxylic acids is 1. The van der Waals surface area contributed by atoms with Crippen molar-refractivity contribution in [3.05, 3.63) is 47.8 Å². The summed E-state index contributed by atoms with van der Waals surface area (Å²) in [6, 6.07) is 6.26. The second kappa shape index (κ2) is 8.25. The summed E-state index contributed by atoms with van der Waals surface area (Å²) in [6.07, 6.45) is 7.87. The Labute approximate surface area is 148 Å². The van der Waals surface area contributed by atoms with Crippen LogP contribution in [0, 0.1) is 0 Å². The monoisotopic (exact) mass is 342 g/mol. The first-order valence-corrected chi connectivity index (χ1v) is 9.09. The molecule has 2 aromatic rings. The Balaban J connectivity index is 1.72. The highest BCUT2D eigenvalue weighted by Crippen LogP contribution is 2.32. The minimum absolute atomic E-state index is 0.124. The highest BCUT2D eigenvalue weighted by Gasteiger charge is 2.28. The number of likely N-dealkylation sites (tertiary alicyclic amines) is 1. The van der Waals surface area contributed by atoms with Crippen LogP contribution in [-0.4, -0.2) is 37.1 Å². The average molecular weight is 342 g/mol. The van der Waals surface area contributed by atoms with Gasteiger partial charge in [-0.15, -0.1) is 0 Å². The van der Waals surface area contributed by atoms with E-state index in [0.29, 0.717) is 6.42 Å². The van der Waals surface area contributed by atoms with Gasteiger partial charge in [0.15, 0.2) is 0 Å². The van der Waals surface area contributed by atoms with Crippen molar-refractivity contribution in [3.8, 4) is 0 Å². The summed E-state index contributed by atoms with van der Waals surface area (Å²) in [5.41, 5.74) is 1.91. The van der Waals surface area contributed by atoms with Gasteiger partial charge in [-0.25, -0.2) is 4.98 Å². The Kier molecular flexibility index (Phi) is 5.81. The van der Waals surface area contributed by atoms with Crippen LogP contribution < -0.4 is 0 Å². The van der Waals surface area contributed by atoms with Crippen LogP contribution in [0.2, 0.25) is 0 Å². The Hall–Kier alpha value is -2.21. The summed E-state index contributed by atoms with van der Waals surface area (Å²) in [6.45, 7) is 5.05. The van der Waals surface area contributed by atoms with E-state index in [2.05, 4.69) is 33.6 Å². The third-order valence-corrected chi connectivity index (χ3v) is 4.74. The molecule has 25 heavy (non-hydrogen) atoms. The molecule has 0 radical (unpaired) electrons. The molecule has 6 nitrogen and oxygen atoms in total. The van der Waals surface area contributed by atoms with Crippen LogP contribution in [0.1, 0.15) is 55.9 Å². The van der Waals surface area contributed by atoms with Crippen LogP contribution >= 0.6 is 0 Å². The first-order chi connectivity index (χ1) is 12.2. The molecule has 0 amide bonds. The molecular formula is C19H26N4O2. The van der Waals surface area contributed by atoms with Gasteiger partial charge in [0.2, 0.25) is 0 Å². The lowest BCUT2D eigenvalue weighted by molar-refractivity contribution is -0.136. The summed E-state index contributed by atoms with van der Waals surface area (Å²) in [7, 11) is 0. The van der Waals surface area contributed by atoms with Gasteiger partial charge >= 0.3 is 5.97 Å². The largest absolute Gasteiger partial charge is 0.481 e. The molecule has 0 bridgehead atoms. The smallest absolute Gasteiger partial charge is 0.303 e. The van der Waals surface area contributed by atoms with E-state index in [4.69, 9.17) is 10.1 Å². The maximum atomic E-state index is 10.8.